The molecule has 2 saturated heterocycles. The molecule has 0 bridgehead atoms. The van der Waals surface area contributed by atoms with E-state index < -0.39 is 6.09 Å². The molecule has 7 nitrogen and oxygen atoms in total. The number of carbonyl (C=O) groups excluding carboxylic acids is 1. The SMILES string of the molecule is CC(N)=NC[C@H]1CN(c2ccc(N3CCOCC3)c(F)c2)C(=O)O1. The fourth-order valence-electron chi connectivity index (χ4n) is 2.80. The Balaban J connectivity index is 1.72. The highest BCUT2D eigenvalue weighted by Crippen LogP contribution is 2.28. The number of amidine groups is 1. The number of aliphatic imine (C=N–C) groups is 1. The minimum absolute atomic E-state index is 0.304. The second-order valence-corrected chi connectivity index (χ2v) is 5.83. The zero-order chi connectivity index (χ0) is 17.1. The minimum atomic E-state index is -0.497. The van der Waals surface area contributed by atoms with E-state index in [1.165, 1.54) is 11.0 Å². The van der Waals surface area contributed by atoms with Gasteiger partial charge in [0.05, 0.1) is 43.5 Å². The molecule has 24 heavy (non-hydrogen) atoms. The van der Waals surface area contributed by atoms with Crippen molar-refractivity contribution in [2.24, 2.45) is 10.7 Å². The van der Waals surface area contributed by atoms with E-state index in [1.54, 1.807) is 19.1 Å². The summed E-state index contributed by atoms with van der Waals surface area (Å²) in [6, 6.07) is 4.79. The zero-order valence-corrected chi connectivity index (χ0v) is 13.6. The normalized spacial score (nSPS) is 22.0. The summed E-state index contributed by atoms with van der Waals surface area (Å²) in [5.41, 5.74) is 6.49. The van der Waals surface area contributed by atoms with Gasteiger partial charge in [0.25, 0.3) is 0 Å². The first kappa shape index (κ1) is 16.5. The largest absolute Gasteiger partial charge is 0.442 e. The van der Waals surface area contributed by atoms with Crippen LogP contribution in [0, 0.1) is 5.82 Å². The maximum atomic E-state index is 14.5. The number of nitrogens with zero attached hydrogens (tertiary/aromatic N) is 3. The lowest BCUT2D eigenvalue weighted by Crippen LogP contribution is -2.36. The predicted molar refractivity (Wildman–Crippen MR) is 89.2 cm³/mol. The smallest absolute Gasteiger partial charge is 0.414 e. The summed E-state index contributed by atoms with van der Waals surface area (Å²) >= 11 is 0. The molecule has 8 heteroatoms. The lowest BCUT2D eigenvalue weighted by molar-refractivity contribution is 0.122. The summed E-state index contributed by atoms with van der Waals surface area (Å²) in [4.78, 5) is 19.4. The van der Waals surface area contributed by atoms with Crippen molar-refractivity contribution in [3.05, 3.63) is 24.0 Å². The van der Waals surface area contributed by atoms with Crippen LogP contribution in [0.25, 0.3) is 0 Å². The minimum Gasteiger partial charge on any atom is -0.442 e. The fraction of sp³-hybridized carbons (Fsp3) is 0.500. The van der Waals surface area contributed by atoms with Gasteiger partial charge in [-0.1, -0.05) is 0 Å². The summed E-state index contributed by atoms with van der Waals surface area (Å²) in [6.07, 6.45) is -0.874. The van der Waals surface area contributed by atoms with Gasteiger partial charge in [-0.2, -0.15) is 0 Å². The number of ether oxygens (including phenoxy) is 2. The standard InChI is InChI=1S/C16H21FN4O3/c1-11(18)19-9-13-10-21(16(22)24-13)12-2-3-15(14(17)8-12)20-4-6-23-7-5-20/h2-3,8,13H,4-7,9-10H2,1H3,(H2,18,19)/t13-/m0/s1. The predicted octanol–water partition coefficient (Wildman–Crippen LogP) is 1.36. The first-order valence-corrected chi connectivity index (χ1v) is 7.91. The van der Waals surface area contributed by atoms with Gasteiger partial charge in [-0.15, -0.1) is 0 Å². The van der Waals surface area contributed by atoms with E-state index in [2.05, 4.69) is 4.99 Å². The van der Waals surface area contributed by atoms with Crippen molar-refractivity contribution in [3.8, 4) is 0 Å². The zero-order valence-electron chi connectivity index (χ0n) is 13.6. The third-order valence-electron chi connectivity index (χ3n) is 4.01. The van der Waals surface area contributed by atoms with Gasteiger partial charge in [0.1, 0.15) is 11.9 Å². The van der Waals surface area contributed by atoms with Gasteiger partial charge in [-0.3, -0.25) is 9.89 Å². The Morgan fingerprint density at radius 1 is 1.42 bits per heavy atom. The maximum absolute atomic E-state index is 14.5. The average molecular weight is 336 g/mol. The van der Waals surface area contributed by atoms with Crippen LogP contribution in [0.5, 0.6) is 0 Å². The maximum Gasteiger partial charge on any atom is 0.414 e. The van der Waals surface area contributed by atoms with Crippen molar-refractivity contribution in [1.82, 2.24) is 0 Å². The molecule has 2 aliphatic rings. The molecule has 3 rings (SSSR count). The first-order valence-electron chi connectivity index (χ1n) is 7.91. The van der Waals surface area contributed by atoms with Crippen molar-refractivity contribution >= 4 is 23.3 Å². The van der Waals surface area contributed by atoms with Gasteiger partial charge in [0.2, 0.25) is 0 Å². The number of hydrogen-bond acceptors (Lipinski definition) is 5. The highest BCUT2D eigenvalue weighted by Gasteiger charge is 2.32. The highest BCUT2D eigenvalue weighted by atomic mass is 19.1. The van der Waals surface area contributed by atoms with Gasteiger partial charge in [0.15, 0.2) is 0 Å². The van der Waals surface area contributed by atoms with Gasteiger partial charge >= 0.3 is 6.09 Å². The van der Waals surface area contributed by atoms with Crippen LogP contribution in [-0.2, 0) is 9.47 Å². The Morgan fingerprint density at radius 2 is 2.17 bits per heavy atom. The third kappa shape index (κ3) is 3.59. The van der Waals surface area contributed by atoms with Crippen LogP contribution >= 0.6 is 0 Å². The Hall–Kier alpha value is -2.35. The van der Waals surface area contributed by atoms with E-state index in [4.69, 9.17) is 15.2 Å². The van der Waals surface area contributed by atoms with Crippen LogP contribution in [0.2, 0.25) is 0 Å². The molecule has 2 fully saturated rings. The number of nitrogens with two attached hydrogens (primary N) is 1. The quantitative estimate of drug-likeness (QED) is 0.663. The molecule has 1 atom stereocenters. The van der Waals surface area contributed by atoms with Crippen LogP contribution in [0.15, 0.2) is 23.2 Å². The molecule has 2 N–H and O–H groups in total. The second-order valence-electron chi connectivity index (χ2n) is 5.83. The van der Waals surface area contributed by atoms with E-state index in [1.807, 2.05) is 4.90 Å². The molecule has 0 unspecified atom stereocenters. The molecular weight excluding hydrogens is 315 g/mol. The first-order chi connectivity index (χ1) is 11.5. The number of halogens is 1. The number of carbonyl (C=O) groups is 1. The van der Waals surface area contributed by atoms with Crippen molar-refractivity contribution in [3.63, 3.8) is 0 Å². The average Bonchev–Trinajstić information content (AvgIpc) is 2.94. The Kier molecular flexibility index (Phi) is 4.84. The monoisotopic (exact) mass is 336 g/mol. The Labute approximate surface area is 139 Å². The van der Waals surface area contributed by atoms with Crippen LogP contribution in [0.4, 0.5) is 20.6 Å². The number of cyclic esters (lactones) is 1. The summed E-state index contributed by atoms with van der Waals surface area (Å²) in [6.45, 7) is 4.78. The van der Waals surface area contributed by atoms with Gasteiger partial charge in [-0.25, -0.2) is 9.18 Å². The second kappa shape index (κ2) is 7.04. The van der Waals surface area contributed by atoms with Crippen molar-refractivity contribution in [1.29, 1.82) is 0 Å². The molecule has 130 valence electrons. The van der Waals surface area contributed by atoms with E-state index in [9.17, 15) is 9.18 Å². The molecule has 0 spiro atoms. The number of anilines is 2. The summed E-state index contributed by atoms with van der Waals surface area (Å²) < 4.78 is 25.0. The Morgan fingerprint density at radius 3 is 2.83 bits per heavy atom. The van der Waals surface area contributed by atoms with Crippen LogP contribution in [0.1, 0.15) is 6.92 Å². The fourth-order valence-corrected chi connectivity index (χ4v) is 2.80. The lowest BCUT2D eigenvalue weighted by Gasteiger charge is -2.29. The molecule has 1 aromatic rings. The molecule has 0 saturated carbocycles. The number of hydrogen-bond donors (Lipinski definition) is 1. The lowest BCUT2D eigenvalue weighted by atomic mass is 10.2. The van der Waals surface area contributed by atoms with Crippen molar-refractivity contribution in [2.45, 2.75) is 13.0 Å². The van der Waals surface area contributed by atoms with Crippen molar-refractivity contribution in [2.75, 3.05) is 49.2 Å². The van der Waals surface area contributed by atoms with Crippen molar-refractivity contribution < 1.29 is 18.7 Å². The summed E-state index contributed by atoms with van der Waals surface area (Å²) in [7, 11) is 0. The van der Waals surface area contributed by atoms with E-state index in [0.29, 0.717) is 56.6 Å². The Bertz CT molecular complexity index is 642. The molecule has 1 amide bonds. The van der Waals surface area contributed by atoms with Crippen LogP contribution in [0.3, 0.4) is 0 Å². The van der Waals surface area contributed by atoms with Gasteiger partial charge < -0.3 is 20.1 Å². The molecule has 2 aliphatic heterocycles. The number of rotatable bonds is 4. The molecular formula is C16H21FN4O3. The molecule has 2 heterocycles. The van der Waals surface area contributed by atoms with Gasteiger partial charge in [-0.05, 0) is 25.1 Å². The van der Waals surface area contributed by atoms with Crippen LogP contribution < -0.4 is 15.5 Å². The van der Waals surface area contributed by atoms with E-state index >= 15 is 0 Å². The molecule has 0 aromatic heterocycles. The molecule has 1 aromatic carbocycles. The van der Waals surface area contributed by atoms with E-state index in [0.717, 1.165) is 0 Å². The van der Waals surface area contributed by atoms with Gasteiger partial charge in [0, 0.05) is 13.1 Å². The van der Waals surface area contributed by atoms with Crippen LogP contribution in [-0.4, -0.2) is 57.4 Å². The number of amides is 1. The summed E-state index contributed by atoms with van der Waals surface area (Å²) in [5.74, 6) is 0.0758. The topological polar surface area (TPSA) is 80.4 Å². The third-order valence-corrected chi connectivity index (χ3v) is 4.01. The molecule has 0 aliphatic carbocycles. The van der Waals surface area contributed by atoms with E-state index in [-0.39, 0.29) is 11.9 Å². The summed E-state index contributed by atoms with van der Waals surface area (Å²) in [5, 5.41) is 0. The number of morpholine rings is 1. The highest BCUT2D eigenvalue weighted by molar-refractivity contribution is 5.90. The number of benzene rings is 1. The molecule has 0 radical (unpaired) electrons.